The standard InChI is InChI=1S/C20H31N3O4S/c1-14(2)13-17(24)23-9-6-15(7-10-23)18(20(26)21-8-11-27-3)22-19(25)16-5-4-12-28-16/h4-5,12,14-15,18H,6-11,13H2,1-3H3,(H,21,26)(H,22,25)/t18-/m1/s1. The molecule has 1 aromatic rings. The van der Waals surface area contributed by atoms with Crippen molar-refractivity contribution in [1.29, 1.82) is 0 Å². The van der Waals surface area contributed by atoms with Crippen LogP contribution in [0.4, 0.5) is 0 Å². The summed E-state index contributed by atoms with van der Waals surface area (Å²) in [4.78, 5) is 40.0. The summed E-state index contributed by atoms with van der Waals surface area (Å²) in [5.41, 5.74) is 0. The molecule has 0 spiro atoms. The predicted octanol–water partition coefficient (Wildman–Crippen LogP) is 1.89. The largest absolute Gasteiger partial charge is 0.383 e. The molecule has 1 aromatic heterocycles. The topological polar surface area (TPSA) is 87.7 Å². The average Bonchev–Trinajstić information content (AvgIpc) is 3.20. The Labute approximate surface area is 170 Å². The normalized spacial score (nSPS) is 16.1. The van der Waals surface area contributed by atoms with Gasteiger partial charge in [-0.1, -0.05) is 19.9 Å². The monoisotopic (exact) mass is 409 g/mol. The van der Waals surface area contributed by atoms with Crippen LogP contribution in [0, 0.1) is 11.8 Å². The molecule has 0 unspecified atom stereocenters. The molecule has 1 atom stereocenters. The fourth-order valence-electron chi connectivity index (χ4n) is 3.36. The van der Waals surface area contributed by atoms with Crippen molar-refractivity contribution < 1.29 is 19.1 Å². The third-order valence-corrected chi connectivity index (χ3v) is 5.73. The maximum absolute atomic E-state index is 12.7. The molecule has 156 valence electrons. The maximum Gasteiger partial charge on any atom is 0.262 e. The van der Waals surface area contributed by atoms with Crippen molar-refractivity contribution in [2.45, 2.75) is 39.2 Å². The van der Waals surface area contributed by atoms with E-state index in [4.69, 9.17) is 4.74 Å². The van der Waals surface area contributed by atoms with E-state index >= 15 is 0 Å². The molecule has 0 aliphatic carbocycles. The molecule has 0 bridgehead atoms. The number of ether oxygens (including phenoxy) is 1. The maximum atomic E-state index is 12.7. The van der Waals surface area contributed by atoms with Crippen molar-refractivity contribution in [3.63, 3.8) is 0 Å². The number of rotatable bonds is 9. The van der Waals surface area contributed by atoms with E-state index in [0.29, 0.717) is 56.3 Å². The first-order valence-electron chi connectivity index (χ1n) is 9.81. The van der Waals surface area contributed by atoms with E-state index in [-0.39, 0.29) is 23.6 Å². The summed E-state index contributed by atoms with van der Waals surface area (Å²) in [5.74, 6) is 0.0514. The van der Waals surface area contributed by atoms with Crippen molar-refractivity contribution in [3.8, 4) is 0 Å². The van der Waals surface area contributed by atoms with Gasteiger partial charge in [0.05, 0.1) is 11.5 Å². The minimum atomic E-state index is -0.617. The van der Waals surface area contributed by atoms with Gasteiger partial charge in [-0.3, -0.25) is 14.4 Å². The minimum Gasteiger partial charge on any atom is -0.383 e. The molecular weight excluding hydrogens is 378 g/mol. The summed E-state index contributed by atoms with van der Waals surface area (Å²) in [5, 5.41) is 7.58. The van der Waals surface area contributed by atoms with Crippen LogP contribution < -0.4 is 10.6 Å². The average molecular weight is 410 g/mol. The first kappa shape index (κ1) is 22.4. The van der Waals surface area contributed by atoms with Crippen molar-refractivity contribution in [2.75, 3.05) is 33.4 Å². The molecule has 0 radical (unpaired) electrons. The molecule has 8 heteroatoms. The second-order valence-electron chi connectivity index (χ2n) is 7.53. The smallest absolute Gasteiger partial charge is 0.262 e. The predicted molar refractivity (Wildman–Crippen MR) is 109 cm³/mol. The molecular formula is C20H31N3O4S. The summed E-state index contributed by atoms with van der Waals surface area (Å²) in [6, 6.07) is 2.94. The lowest BCUT2D eigenvalue weighted by atomic mass is 9.88. The van der Waals surface area contributed by atoms with E-state index in [9.17, 15) is 14.4 Å². The van der Waals surface area contributed by atoms with Gasteiger partial charge in [0.2, 0.25) is 11.8 Å². The Morgan fingerprint density at radius 3 is 2.57 bits per heavy atom. The first-order chi connectivity index (χ1) is 13.4. The number of methoxy groups -OCH3 is 1. The number of nitrogens with one attached hydrogen (secondary N) is 2. The summed E-state index contributed by atoms with van der Waals surface area (Å²) in [7, 11) is 1.58. The van der Waals surface area contributed by atoms with Crippen LogP contribution in [0.3, 0.4) is 0 Å². The van der Waals surface area contributed by atoms with Gasteiger partial charge in [0, 0.05) is 33.2 Å². The Kier molecular flexibility index (Phi) is 8.92. The van der Waals surface area contributed by atoms with Gasteiger partial charge in [-0.15, -0.1) is 11.3 Å². The Balaban J connectivity index is 1.99. The number of amides is 3. The second kappa shape index (κ2) is 11.2. The van der Waals surface area contributed by atoms with Gasteiger partial charge in [0.1, 0.15) is 6.04 Å². The van der Waals surface area contributed by atoms with Gasteiger partial charge in [0.25, 0.3) is 5.91 Å². The summed E-state index contributed by atoms with van der Waals surface area (Å²) < 4.78 is 4.98. The molecule has 3 amide bonds. The Bertz CT molecular complexity index is 640. The number of piperidine rings is 1. The third-order valence-electron chi connectivity index (χ3n) is 4.87. The molecule has 2 N–H and O–H groups in total. The molecule has 1 fully saturated rings. The molecule has 1 aliphatic heterocycles. The highest BCUT2D eigenvalue weighted by Crippen LogP contribution is 2.23. The minimum absolute atomic E-state index is 0.00504. The lowest BCUT2D eigenvalue weighted by molar-refractivity contribution is -0.133. The highest BCUT2D eigenvalue weighted by Gasteiger charge is 2.34. The Morgan fingerprint density at radius 2 is 2.00 bits per heavy atom. The van der Waals surface area contributed by atoms with Crippen molar-refractivity contribution in [1.82, 2.24) is 15.5 Å². The summed E-state index contributed by atoms with van der Waals surface area (Å²) in [6.45, 7) is 6.11. The molecule has 0 aromatic carbocycles. The van der Waals surface area contributed by atoms with Crippen LogP contribution in [-0.4, -0.2) is 62.0 Å². The van der Waals surface area contributed by atoms with Crippen molar-refractivity contribution in [2.24, 2.45) is 11.8 Å². The first-order valence-corrected chi connectivity index (χ1v) is 10.7. The molecule has 0 saturated carbocycles. The third kappa shape index (κ3) is 6.60. The van der Waals surface area contributed by atoms with Crippen molar-refractivity contribution >= 4 is 29.1 Å². The quantitative estimate of drug-likeness (QED) is 0.610. The van der Waals surface area contributed by atoms with Gasteiger partial charge >= 0.3 is 0 Å². The number of hydrogen-bond donors (Lipinski definition) is 2. The summed E-state index contributed by atoms with van der Waals surface area (Å²) >= 11 is 1.35. The van der Waals surface area contributed by atoms with Gasteiger partial charge in [0.15, 0.2) is 0 Å². The van der Waals surface area contributed by atoms with Crippen molar-refractivity contribution in [3.05, 3.63) is 22.4 Å². The Hall–Kier alpha value is -1.93. The van der Waals surface area contributed by atoms with E-state index in [0.717, 1.165) is 0 Å². The number of likely N-dealkylation sites (tertiary alicyclic amines) is 1. The second-order valence-corrected chi connectivity index (χ2v) is 8.48. The van der Waals surface area contributed by atoms with E-state index in [1.54, 1.807) is 13.2 Å². The zero-order chi connectivity index (χ0) is 20.5. The van der Waals surface area contributed by atoms with Gasteiger partial charge < -0.3 is 20.3 Å². The van der Waals surface area contributed by atoms with Crippen LogP contribution in [0.1, 0.15) is 42.8 Å². The fraction of sp³-hybridized carbons (Fsp3) is 0.650. The number of nitrogens with zero attached hydrogens (tertiary/aromatic N) is 1. The van der Waals surface area contributed by atoms with Gasteiger partial charge in [-0.25, -0.2) is 0 Å². The lowest BCUT2D eigenvalue weighted by Crippen LogP contribution is -2.54. The highest BCUT2D eigenvalue weighted by atomic mass is 32.1. The van der Waals surface area contributed by atoms with Crippen LogP contribution in [-0.2, 0) is 14.3 Å². The number of hydrogen-bond acceptors (Lipinski definition) is 5. The fourth-order valence-corrected chi connectivity index (χ4v) is 3.99. The molecule has 2 rings (SSSR count). The highest BCUT2D eigenvalue weighted by molar-refractivity contribution is 7.12. The van der Waals surface area contributed by atoms with E-state index < -0.39 is 6.04 Å². The van der Waals surface area contributed by atoms with Gasteiger partial charge in [-0.05, 0) is 36.1 Å². The van der Waals surface area contributed by atoms with Crippen LogP contribution in [0.2, 0.25) is 0 Å². The van der Waals surface area contributed by atoms with Crippen LogP contribution >= 0.6 is 11.3 Å². The molecule has 1 saturated heterocycles. The van der Waals surface area contributed by atoms with Crippen LogP contribution in [0.15, 0.2) is 17.5 Å². The van der Waals surface area contributed by atoms with E-state index in [1.165, 1.54) is 11.3 Å². The summed E-state index contributed by atoms with van der Waals surface area (Å²) in [6.07, 6.45) is 1.93. The van der Waals surface area contributed by atoms with Crippen LogP contribution in [0.25, 0.3) is 0 Å². The van der Waals surface area contributed by atoms with Crippen LogP contribution in [0.5, 0.6) is 0 Å². The number of carbonyl (C=O) groups is 3. The molecule has 28 heavy (non-hydrogen) atoms. The molecule has 1 aliphatic rings. The zero-order valence-electron chi connectivity index (χ0n) is 16.9. The lowest BCUT2D eigenvalue weighted by Gasteiger charge is -2.36. The van der Waals surface area contributed by atoms with E-state index in [1.807, 2.05) is 30.2 Å². The zero-order valence-corrected chi connectivity index (χ0v) is 17.7. The Morgan fingerprint density at radius 1 is 1.29 bits per heavy atom. The van der Waals surface area contributed by atoms with E-state index in [2.05, 4.69) is 10.6 Å². The van der Waals surface area contributed by atoms with Gasteiger partial charge in [-0.2, -0.15) is 0 Å². The number of carbonyl (C=O) groups excluding carboxylic acids is 3. The molecule has 7 nitrogen and oxygen atoms in total. The SMILES string of the molecule is COCCNC(=O)[C@H](NC(=O)c1cccs1)C1CCN(C(=O)CC(C)C)CC1. The number of thiophene rings is 1. The molecule has 2 heterocycles.